The first-order valence-corrected chi connectivity index (χ1v) is 5.64. The van der Waals surface area contributed by atoms with Crippen LogP contribution in [0.2, 0.25) is 0 Å². The Morgan fingerprint density at radius 2 is 2.35 bits per heavy atom. The van der Waals surface area contributed by atoms with Crippen LogP contribution in [0.5, 0.6) is 0 Å². The van der Waals surface area contributed by atoms with Gasteiger partial charge in [0.25, 0.3) is 0 Å². The molecule has 0 aromatic carbocycles. The van der Waals surface area contributed by atoms with Crippen LogP contribution >= 0.6 is 0 Å². The van der Waals surface area contributed by atoms with Crippen LogP contribution in [0.15, 0.2) is 23.1 Å². The predicted octanol–water partition coefficient (Wildman–Crippen LogP) is 1.16. The van der Waals surface area contributed by atoms with Crippen molar-refractivity contribution in [3.63, 3.8) is 0 Å². The maximum Gasteiger partial charge on any atom is 0.231 e. The molecule has 3 heterocycles. The van der Waals surface area contributed by atoms with Gasteiger partial charge in [-0.2, -0.15) is 4.98 Å². The van der Waals surface area contributed by atoms with E-state index in [4.69, 9.17) is 4.52 Å². The largest absolute Gasteiger partial charge is 0.355 e. The summed E-state index contributed by atoms with van der Waals surface area (Å²) in [6.07, 6.45) is 6.18. The fraction of sp³-hybridized carbons (Fsp3) is 0.455. The Hall–Kier alpha value is -1.98. The van der Waals surface area contributed by atoms with Crippen LogP contribution in [0.3, 0.4) is 0 Å². The summed E-state index contributed by atoms with van der Waals surface area (Å²) in [7, 11) is 0. The lowest BCUT2D eigenvalue weighted by atomic mass is 10.1. The highest BCUT2D eigenvalue weighted by atomic mass is 16.5. The molecule has 88 valence electrons. The molecule has 0 saturated carbocycles. The molecule has 0 radical (unpaired) electrons. The molecule has 2 aromatic rings. The second-order valence-corrected chi connectivity index (χ2v) is 4.18. The van der Waals surface area contributed by atoms with Crippen LogP contribution in [0.1, 0.15) is 24.1 Å². The van der Waals surface area contributed by atoms with Gasteiger partial charge in [-0.3, -0.25) is 4.98 Å². The SMILES string of the molecule is Cc1noc([C@@H]2CCN(c3cnccn3)C2)n1. The zero-order valence-corrected chi connectivity index (χ0v) is 9.58. The number of hydrogen-bond acceptors (Lipinski definition) is 6. The van der Waals surface area contributed by atoms with Crippen molar-refractivity contribution in [2.45, 2.75) is 19.3 Å². The van der Waals surface area contributed by atoms with Crippen molar-refractivity contribution >= 4 is 5.82 Å². The van der Waals surface area contributed by atoms with Gasteiger partial charge in [-0.25, -0.2) is 4.98 Å². The minimum atomic E-state index is 0.304. The summed E-state index contributed by atoms with van der Waals surface area (Å²) < 4.78 is 5.21. The number of nitrogens with zero attached hydrogens (tertiary/aromatic N) is 5. The second-order valence-electron chi connectivity index (χ2n) is 4.18. The van der Waals surface area contributed by atoms with E-state index in [1.165, 1.54) is 0 Å². The van der Waals surface area contributed by atoms with E-state index in [0.717, 1.165) is 31.2 Å². The normalized spacial score (nSPS) is 19.8. The first kappa shape index (κ1) is 10.2. The van der Waals surface area contributed by atoms with Gasteiger partial charge in [-0.1, -0.05) is 5.16 Å². The molecule has 1 aliphatic heterocycles. The zero-order valence-electron chi connectivity index (χ0n) is 9.58. The molecule has 0 aliphatic carbocycles. The molecule has 3 rings (SSSR count). The Morgan fingerprint density at radius 1 is 1.41 bits per heavy atom. The third-order valence-corrected chi connectivity index (χ3v) is 2.95. The first-order chi connectivity index (χ1) is 8.33. The van der Waals surface area contributed by atoms with Crippen molar-refractivity contribution in [3.05, 3.63) is 30.3 Å². The predicted molar refractivity (Wildman–Crippen MR) is 60.6 cm³/mol. The number of hydrogen-bond donors (Lipinski definition) is 0. The van der Waals surface area contributed by atoms with Gasteiger partial charge in [0.15, 0.2) is 5.82 Å². The van der Waals surface area contributed by atoms with E-state index in [2.05, 4.69) is 25.0 Å². The maximum absolute atomic E-state index is 5.21. The molecule has 2 aromatic heterocycles. The quantitative estimate of drug-likeness (QED) is 0.772. The summed E-state index contributed by atoms with van der Waals surface area (Å²) in [5.74, 6) is 2.64. The third-order valence-electron chi connectivity index (χ3n) is 2.95. The van der Waals surface area contributed by atoms with Gasteiger partial charge in [-0.15, -0.1) is 0 Å². The molecule has 0 amide bonds. The third kappa shape index (κ3) is 1.98. The number of anilines is 1. The molecule has 6 nitrogen and oxygen atoms in total. The minimum Gasteiger partial charge on any atom is -0.355 e. The lowest BCUT2D eigenvalue weighted by Crippen LogP contribution is -2.20. The van der Waals surface area contributed by atoms with Gasteiger partial charge in [0.05, 0.1) is 12.1 Å². The monoisotopic (exact) mass is 231 g/mol. The van der Waals surface area contributed by atoms with Gasteiger partial charge < -0.3 is 9.42 Å². The van der Waals surface area contributed by atoms with Gasteiger partial charge >= 0.3 is 0 Å². The zero-order chi connectivity index (χ0) is 11.7. The fourth-order valence-corrected chi connectivity index (χ4v) is 2.10. The molecule has 17 heavy (non-hydrogen) atoms. The van der Waals surface area contributed by atoms with Crippen molar-refractivity contribution in [2.24, 2.45) is 0 Å². The maximum atomic E-state index is 5.21. The van der Waals surface area contributed by atoms with Crippen LogP contribution in [0.4, 0.5) is 5.82 Å². The van der Waals surface area contributed by atoms with Gasteiger partial charge in [0.2, 0.25) is 5.89 Å². The molecule has 0 bridgehead atoms. The van der Waals surface area contributed by atoms with Crippen molar-refractivity contribution in [1.82, 2.24) is 20.1 Å². The molecule has 1 aliphatic rings. The summed E-state index contributed by atoms with van der Waals surface area (Å²) in [4.78, 5) is 14.8. The van der Waals surface area contributed by atoms with Crippen LogP contribution < -0.4 is 4.90 Å². The van der Waals surface area contributed by atoms with Crippen molar-refractivity contribution < 1.29 is 4.52 Å². The Morgan fingerprint density at radius 3 is 3.06 bits per heavy atom. The number of aromatic nitrogens is 4. The molecule has 6 heteroatoms. The summed E-state index contributed by atoms with van der Waals surface area (Å²) in [5, 5.41) is 3.83. The van der Waals surface area contributed by atoms with Crippen molar-refractivity contribution in [3.8, 4) is 0 Å². The molecule has 1 saturated heterocycles. The van der Waals surface area contributed by atoms with E-state index in [-0.39, 0.29) is 0 Å². The summed E-state index contributed by atoms with van der Waals surface area (Å²) in [6, 6.07) is 0. The van der Waals surface area contributed by atoms with Crippen LogP contribution in [-0.2, 0) is 0 Å². The van der Waals surface area contributed by atoms with E-state index < -0.39 is 0 Å². The minimum absolute atomic E-state index is 0.304. The highest BCUT2D eigenvalue weighted by Gasteiger charge is 2.28. The average molecular weight is 231 g/mol. The van der Waals surface area contributed by atoms with E-state index in [0.29, 0.717) is 11.7 Å². The standard InChI is InChI=1S/C11H13N5O/c1-8-14-11(17-15-8)9-2-5-16(7-9)10-6-12-3-4-13-10/h3-4,6,9H,2,5,7H2,1H3/t9-/m1/s1. The summed E-state index contributed by atoms with van der Waals surface area (Å²) in [6.45, 7) is 3.65. The molecule has 0 N–H and O–H groups in total. The van der Waals surface area contributed by atoms with E-state index in [1.54, 1.807) is 18.6 Å². The number of rotatable bonds is 2. The lowest BCUT2D eigenvalue weighted by Gasteiger charge is -2.15. The molecule has 1 atom stereocenters. The van der Waals surface area contributed by atoms with Gasteiger partial charge in [-0.05, 0) is 13.3 Å². The van der Waals surface area contributed by atoms with Crippen LogP contribution in [0, 0.1) is 6.92 Å². The molecular weight excluding hydrogens is 218 g/mol. The highest BCUT2D eigenvalue weighted by Crippen LogP contribution is 2.28. The van der Waals surface area contributed by atoms with E-state index in [9.17, 15) is 0 Å². The topological polar surface area (TPSA) is 67.9 Å². The van der Waals surface area contributed by atoms with E-state index in [1.807, 2.05) is 6.92 Å². The number of aryl methyl sites for hydroxylation is 1. The molecule has 0 spiro atoms. The first-order valence-electron chi connectivity index (χ1n) is 5.64. The smallest absolute Gasteiger partial charge is 0.231 e. The van der Waals surface area contributed by atoms with Crippen LogP contribution in [-0.4, -0.2) is 33.2 Å². The fourth-order valence-electron chi connectivity index (χ4n) is 2.10. The molecular formula is C11H13N5O. The summed E-state index contributed by atoms with van der Waals surface area (Å²) >= 11 is 0. The Balaban J connectivity index is 1.74. The van der Waals surface area contributed by atoms with Crippen molar-refractivity contribution in [2.75, 3.05) is 18.0 Å². The second kappa shape index (κ2) is 4.12. The Labute approximate surface area is 98.7 Å². The van der Waals surface area contributed by atoms with Crippen molar-refractivity contribution in [1.29, 1.82) is 0 Å². The Kier molecular flexibility index (Phi) is 2.47. The van der Waals surface area contributed by atoms with Gasteiger partial charge in [0.1, 0.15) is 5.82 Å². The molecule has 1 fully saturated rings. The average Bonchev–Trinajstić information content (AvgIpc) is 2.98. The van der Waals surface area contributed by atoms with Crippen LogP contribution in [0.25, 0.3) is 0 Å². The highest BCUT2D eigenvalue weighted by molar-refractivity contribution is 5.37. The Bertz CT molecular complexity index is 498. The van der Waals surface area contributed by atoms with E-state index >= 15 is 0 Å². The molecule has 0 unspecified atom stereocenters. The summed E-state index contributed by atoms with van der Waals surface area (Å²) in [5.41, 5.74) is 0. The lowest BCUT2D eigenvalue weighted by molar-refractivity contribution is 0.356. The van der Waals surface area contributed by atoms with Gasteiger partial charge in [0, 0.05) is 25.5 Å².